The van der Waals surface area contributed by atoms with Crippen molar-refractivity contribution in [1.82, 2.24) is 10.1 Å². The van der Waals surface area contributed by atoms with E-state index in [0.717, 1.165) is 50.4 Å². The van der Waals surface area contributed by atoms with E-state index < -0.39 is 0 Å². The fraction of sp³-hybridized carbons (Fsp3) is 0.857. The Hall–Kier alpha value is -0.940. The van der Waals surface area contributed by atoms with Crippen molar-refractivity contribution < 1.29 is 9.26 Å². The number of nitrogens with zero attached hydrogens (tertiary/aromatic N) is 2. The first-order valence-electron chi connectivity index (χ1n) is 7.50. The van der Waals surface area contributed by atoms with Gasteiger partial charge in [0.25, 0.3) is 0 Å². The number of nitrogens with two attached hydrogens (primary N) is 1. The molecule has 2 aliphatic rings. The van der Waals surface area contributed by atoms with E-state index in [2.05, 4.69) is 10.1 Å². The van der Waals surface area contributed by atoms with Crippen LogP contribution in [0.3, 0.4) is 0 Å². The summed E-state index contributed by atoms with van der Waals surface area (Å²) in [6, 6.07) is 0.294. The van der Waals surface area contributed by atoms with Crippen molar-refractivity contribution in [1.29, 1.82) is 0 Å². The predicted octanol–water partition coefficient (Wildman–Crippen LogP) is 1.85. The maximum absolute atomic E-state index is 6.16. The summed E-state index contributed by atoms with van der Waals surface area (Å²) in [5.74, 6) is 2.03. The Morgan fingerprint density at radius 3 is 2.79 bits per heavy atom. The lowest BCUT2D eigenvalue weighted by atomic mass is 9.83. The molecule has 1 aliphatic heterocycles. The van der Waals surface area contributed by atoms with Crippen LogP contribution in [0.15, 0.2) is 4.52 Å². The lowest BCUT2D eigenvalue weighted by Crippen LogP contribution is -2.34. The third-order valence-corrected chi connectivity index (χ3v) is 4.35. The van der Waals surface area contributed by atoms with Gasteiger partial charge >= 0.3 is 0 Å². The molecule has 2 N–H and O–H groups in total. The molecule has 1 aromatic heterocycles. The smallest absolute Gasteiger partial charge is 0.226 e. The second kappa shape index (κ2) is 6.01. The molecule has 1 aromatic rings. The zero-order chi connectivity index (χ0) is 13.1. The minimum absolute atomic E-state index is 0.280. The summed E-state index contributed by atoms with van der Waals surface area (Å²) in [6.45, 7) is 0.867. The zero-order valence-electron chi connectivity index (χ0n) is 11.4. The summed E-state index contributed by atoms with van der Waals surface area (Å²) in [5, 5.41) is 4.06. The Bertz CT molecular complexity index is 401. The van der Waals surface area contributed by atoms with E-state index in [0.29, 0.717) is 12.0 Å². The molecule has 5 heteroatoms. The van der Waals surface area contributed by atoms with E-state index in [1.54, 1.807) is 0 Å². The molecule has 2 heterocycles. The summed E-state index contributed by atoms with van der Waals surface area (Å²) in [7, 11) is 0. The third-order valence-electron chi connectivity index (χ3n) is 4.35. The van der Waals surface area contributed by atoms with Crippen LogP contribution < -0.4 is 5.73 Å². The summed E-state index contributed by atoms with van der Waals surface area (Å²) < 4.78 is 10.9. The van der Waals surface area contributed by atoms with Crippen LogP contribution >= 0.6 is 0 Å². The minimum Gasteiger partial charge on any atom is -0.378 e. The molecule has 3 rings (SSSR count). The van der Waals surface area contributed by atoms with Crippen molar-refractivity contribution in [2.45, 2.75) is 63.5 Å². The molecule has 3 atom stereocenters. The van der Waals surface area contributed by atoms with Gasteiger partial charge in [-0.25, -0.2) is 0 Å². The van der Waals surface area contributed by atoms with Crippen molar-refractivity contribution in [3.63, 3.8) is 0 Å². The lowest BCUT2D eigenvalue weighted by Gasteiger charge is -2.27. The molecular weight excluding hydrogens is 242 g/mol. The summed E-state index contributed by atoms with van der Waals surface area (Å²) in [5.41, 5.74) is 6.16. The predicted molar refractivity (Wildman–Crippen MR) is 70.6 cm³/mol. The van der Waals surface area contributed by atoms with E-state index in [1.807, 2.05) is 0 Å². The average molecular weight is 265 g/mol. The molecule has 0 radical (unpaired) electrons. The van der Waals surface area contributed by atoms with Gasteiger partial charge in [-0.15, -0.1) is 0 Å². The van der Waals surface area contributed by atoms with Gasteiger partial charge in [0.1, 0.15) is 0 Å². The van der Waals surface area contributed by atoms with Gasteiger partial charge in [-0.3, -0.25) is 0 Å². The highest BCUT2D eigenvalue weighted by Crippen LogP contribution is 2.26. The number of hydrogen-bond donors (Lipinski definition) is 1. The summed E-state index contributed by atoms with van der Waals surface area (Å²) in [6.07, 6.45) is 8.99. The zero-order valence-corrected chi connectivity index (χ0v) is 11.4. The fourth-order valence-electron chi connectivity index (χ4n) is 3.18. The molecule has 19 heavy (non-hydrogen) atoms. The van der Waals surface area contributed by atoms with Crippen LogP contribution in [0, 0.1) is 5.92 Å². The van der Waals surface area contributed by atoms with Crippen molar-refractivity contribution in [3.05, 3.63) is 11.7 Å². The molecule has 1 saturated carbocycles. The second-order valence-electron chi connectivity index (χ2n) is 5.86. The van der Waals surface area contributed by atoms with E-state index in [1.165, 1.54) is 19.3 Å². The molecule has 0 amide bonds. The fourth-order valence-corrected chi connectivity index (χ4v) is 3.18. The maximum atomic E-state index is 6.16. The second-order valence-corrected chi connectivity index (χ2v) is 5.86. The van der Waals surface area contributed by atoms with Crippen LogP contribution in [-0.4, -0.2) is 28.9 Å². The van der Waals surface area contributed by atoms with Gasteiger partial charge in [0.2, 0.25) is 5.89 Å². The largest absolute Gasteiger partial charge is 0.378 e. The van der Waals surface area contributed by atoms with Gasteiger partial charge in [0.15, 0.2) is 5.82 Å². The number of rotatable bonds is 4. The lowest BCUT2D eigenvalue weighted by molar-refractivity contribution is 0.109. The van der Waals surface area contributed by atoms with Crippen molar-refractivity contribution >= 4 is 0 Å². The topological polar surface area (TPSA) is 74.2 Å². The highest BCUT2D eigenvalue weighted by atomic mass is 16.5. The standard InChI is InChI=1S/C14H23N3O2/c15-12-6-2-1-4-10(12)8-14-16-13(17-19-14)9-11-5-3-7-18-11/h10-12H,1-9,15H2. The molecule has 0 bridgehead atoms. The van der Waals surface area contributed by atoms with Crippen LogP contribution in [0.25, 0.3) is 0 Å². The molecule has 1 saturated heterocycles. The van der Waals surface area contributed by atoms with E-state index >= 15 is 0 Å². The van der Waals surface area contributed by atoms with Gasteiger partial charge in [0.05, 0.1) is 6.10 Å². The molecular formula is C14H23N3O2. The summed E-state index contributed by atoms with van der Waals surface area (Å²) in [4.78, 5) is 4.49. The normalized spacial score (nSPS) is 31.7. The SMILES string of the molecule is NC1CCCCC1Cc1nc(CC2CCCO2)no1. The highest BCUT2D eigenvalue weighted by Gasteiger charge is 2.25. The van der Waals surface area contributed by atoms with Gasteiger partial charge in [-0.1, -0.05) is 18.0 Å². The maximum Gasteiger partial charge on any atom is 0.226 e. The molecule has 106 valence electrons. The molecule has 2 fully saturated rings. The van der Waals surface area contributed by atoms with E-state index in [9.17, 15) is 0 Å². The molecule has 1 aliphatic carbocycles. The Balaban J connectivity index is 1.54. The van der Waals surface area contributed by atoms with Crippen molar-refractivity contribution in [2.75, 3.05) is 6.61 Å². The van der Waals surface area contributed by atoms with E-state index in [-0.39, 0.29) is 6.10 Å². The molecule has 0 aromatic carbocycles. The Morgan fingerprint density at radius 2 is 2.00 bits per heavy atom. The first-order chi connectivity index (χ1) is 9.31. The Labute approximate surface area is 113 Å². The van der Waals surface area contributed by atoms with Gasteiger partial charge in [-0.05, 0) is 31.6 Å². The van der Waals surface area contributed by atoms with E-state index in [4.69, 9.17) is 15.0 Å². The Morgan fingerprint density at radius 1 is 1.11 bits per heavy atom. The average Bonchev–Trinajstić information content (AvgIpc) is 3.05. The highest BCUT2D eigenvalue weighted by molar-refractivity contribution is 4.93. The van der Waals surface area contributed by atoms with Crippen LogP contribution in [0.5, 0.6) is 0 Å². The quantitative estimate of drug-likeness (QED) is 0.899. The van der Waals surface area contributed by atoms with Gasteiger partial charge in [-0.2, -0.15) is 4.98 Å². The molecule has 3 unspecified atom stereocenters. The minimum atomic E-state index is 0.280. The van der Waals surface area contributed by atoms with Crippen LogP contribution in [0.2, 0.25) is 0 Å². The van der Waals surface area contributed by atoms with Crippen molar-refractivity contribution in [3.8, 4) is 0 Å². The number of hydrogen-bond acceptors (Lipinski definition) is 5. The number of ether oxygens (including phenoxy) is 1. The van der Waals surface area contributed by atoms with Crippen LogP contribution in [0.1, 0.15) is 50.2 Å². The van der Waals surface area contributed by atoms with Crippen LogP contribution in [-0.2, 0) is 17.6 Å². The van der Waals surface area contributed by atoms with Crippen LogP contribution in [0.4, 0.5) is 0 Å². The third kappa shape index (κ3) is 3.34. The first-order valence-corrected chi connectivity index (χ1v) is 7.50. The van der Waals surface area contributed by atoms with Gasteiger partial charge < -0.3 is 15.0 Å². The first kappa shape index (κ1) is 13.1. The number of aromatic nitrogens is 2. The van der Waals surface area contributed by atoms with Crippen molar-refractivity contribution in [2.24, 2.45) is 11.7 Å². The monoisotopic (exact) mass is 265 g/mol. The molecule has 0 spiro atoms. The molecule has 5 nitrogen and oxygen atoms in total. The van der Waals surface area contributed by atoms with Gasteiger partial charge in [0, 0.05) is 25.5 Å². The Kier molecular flexibility index (Phi) is 4.13. The summed E-state index contributed by atoms with van der Waals surface area (Å²) >= 11 is 0.